The van der Waals surface area contributed by atoms with Gasteiger partial charge in [0.1, 0.15) is 6.54 Å². The highest BCUT2D eigenvalue weighted by Crippen LogP contribution is 2.20. The van der Waals surface area contributed by atoms with E-state index in [2.05, 4.69) is 10.4 Å². The molecule has 0 aliphatic rings. The van der Waals surface area contributed by atoms with Gasteiger partial charge in [-0.3, -0.25) is 14.2 Å². The van der Waals surface area contributed by atoms with Gasteiger partial charge in [0.15, 0.2) is 0 Å². The SMILES string of the molecule is Cc1ccc(Cl)cc1NC(=O)Cn1nc2n(CCCOC(C)C)c(=O)c3ccccc3n2c1=O. The summed E-state index contributed by atoms with van der Waals surface area (Å²) in [5.41, 5.74) is 1.09. The molecule has 34 heavy (non-hydrogen) atoms. The molecule has 9 nitrogen and oxygen atoms in total. The summed E-state index contributed by atoms with van der Waals surface area (Å²) in [6.07, 6.45) is 0.651. The van der Waals surface area contributed by atoms with Gasteiger partial charge in [-0.25, -0.2) is 13.9 Å². The van der Waals surface area contributed by atoms with Crippen molar-refractivity contribution in [1.29, 1.82) is 0 Å². The molecule has 0 saturated carbocycles. The van der Waals surface area contributed by atoms with Crippen molar-refractivity contribution < 1.29 is 9.53 Å². The van der Waals surface area contributed by atoms with Gasteiger partial charge in [-0.05, 0) is 57.0 Å². The zero-order chi connectivity index (χ0) is 24.4. The molecule has 0 saturated heterocycles. The summed E-state index contributed by atoms with van der Waals surface area (Å²) in [5, 5.41) is 8.02. The fourth-order valence-electron chi connectivity index (χ4n) is 3.77. The molecular formula is C24H26ClN5O4. The van der Waals surface area contributed by atoms with Gasteiger partial charge < -0.3 is 10.1 Å². The number of anilines is 1. The number of aryl methyl sites for hydroxylation is 2. The van der Waals surface area contributed by atoms with Crippen molar-refractivity contribution in [2.45, 2.75) is 46.4 Å². The zero-order valence-electron chi connectivity index (χ0n) is 19.2. The molecule has 4 rings (SSSR count). The van der Waals surface area contributed by atoms with Crippen LogP contribution in [-0.2, 0) is 22.6 Å². The molecule has 0 atom stereocenters. The van der Waals surface area contributed by atoms with Gasteiger partial charge in [0.25, 0.3) is 5.56 Å². The van der Waals surface area contributed by atoms with E-state index in [0.29, 0.717) is 41.2 Å². The lowest BCUT2D eigenvalue weighted by Crippen LogP contribution is -2.29. The normalized spacial score (nSPS) is 11.6. The van der Waals surface area contributed by atoms with E-state index in [9.17, 15) is 14.4 Å². The minimum Gasteiger partial charge on any atom is -0.379 e. The van der Waals surface area contributed by atoms with Gasteiger partial charge in [0.05, 0.1) is 17.0 Å². The summed E-state index contributed by atoms with van der Waals surface area (Å²) in [5.74, 6) is -0.246. The fraction of sp³-hybridized carbons (Fsp3) is 0.333. The molecule has 0 fully saturated rings. The Morgan fingerprint density at radius 1 is 1.18 bits per heavy atom. The van der Waals surface area contributed by atoms with Crippen LogP contribution < -0.4 is 16.6 Å². The third-order valence-electron chi connectivity index (χ3n) is 5.43. The molecule has 0 aliphatic heterocycles. The molecule has 1 N–H and O–H groups in total. The quantitative estimate of drug-likeness (QED) is 0.388. The highest BCUT2D eigenvalue weighted by atomic mass is 35.5. The first-order chi connectivity index (χ1) is 16.3. The lowest BCUT2D eigenvalue weighted by atomic mass is 10.2. The van der Waals surface area contributed by atoms with Crippen molar-refractivity contribution in [3.8, 4) is 0 Å². The molecule has 0 bridgehead atoms. The number of rotatable bonds is 8. The molecule has 2 aromatic heterocycles. The van der Waals surface area contributed by atoms with E-state index in [1.165, 1.54) is 8.97 Å². The second kappa shape index (κ2) is 9.82. The number of carbonyl (C=O) groups is 1. The maximum atomic E-state index is 13.3. The Kier molecular flexibility index (Phi) is 6.85. The van der Waals surface area contributed by atoms with Gasteiger partial charge in [-0.2, -0.15) is 0 Å². The van der Waals surface area contributed by atoms with Gasteiger partial charge in [0, 0.05) is 23.9 Å². The van der Waals surface area contributed by atoms with E-state index in [4.69, 9.17) is 16.3 Å². The topological polar surface area (TPSA) is 99.6 Å². The Morgan fingerprint density at radius 3 is 2.71 bits per heavy atom. The van der Waals surface area contributed by atoms with Crippen molar-refractivity contribution >= 4 is 39.9 Å². The summed E-state index contributed by atoms with van der Waals surface area (Å²) < 4.78 is 9.49. The van der Waals surface area contributed by atoms with Crippen molar-refractivity contribution in [1.82, 2.24) is 18.7 Å². The summed E-state index contributed by atoms with van der Waals surface area (Å²) in [6, 6.07) is 12.0. The number of aromatic nitrogens is 4. The Balaban J connectivity index is 1.72. The largest absolute Gasteiger partial charge is 0.379 e. The summed E-state index contributed by atoms with van der Waals surface area (Å²) in [4.78, 5) is 39.2. The van der Waals surface area contributed by atoms with Crippen molar-refractivity contribution in [2.75, 3.05) is 11.9 Å². The Hall–Kier alpha value is -3.43. The van der Waals surface area contributed by atoms with E-state index >= 15 is 0 Å². The number of hydrogen-bond donors (Lipinski definition) is 1. The van der Waals surface area contributed by atoms with Gasteiger partial charge in [-0.15, -0.1) is 5.10 Å². The molecule has 10 heteroatoms. The fourth-order valence-corrected chi connectivity index (χ4v) is 3.94. The molecule has 2 heterocycles. The van der Waals surface area contributed by atoms with E-state index < -0.39 is 11.6 Å². The number of fused-ring (bicyclic) bond motifs is 3. The molecule has 0 radical (unpaired) electrons. The van der Waals surface area contributed by atoms with Crippen LogP contribution in [0, 0.1) is 6.92 Å². The number of nitrogens with zero attached hydrogens (tertiary/aromatic N) is 4. The minimum atomic E-state index is -0.503. The van der Waals surface area contributed by atoms with E-state index in [0.717, 1.165) is 10.2 Å². The van der Waals surface area contributed by atoms with Crippen LogP contribution in [0.25, 0.3) is 16.7 Å². The van der Waals surface area contributed by atoms with E-state index in [1.807, 2.05) is 20.8 Å². The van der Waals surface area contributed by atoms with E-state index in [-0.39, 0.29) is 24.0 Å². The van der Waals surface area contributed by atoms with Crippen molar-refractivity contribution in [3.63, 3.8) is 0 Å². The maximum Gasteiger partial charge on any atom is 0.352 e. The van der Waals surface area contributed by atoms with Crippen LogP contribution in [0.1, 0.15) is 25.8 Å². The number of ether oxygens (including phenoxy) is 1. The monoisotopic (exact) mass is 483 g/mol. The van der Waals surface area contributed by atoms with Crippen LogP contribution in [-0.4, -0.2) is 37.4 Å². The first-order valence-electron chi connectivity index (χ1n) is 11.0. The van der Waals surface area contributed by atoms with Gasteiger partial charge in [-0.1, -0.05) is 29.8 Å². The van der Waals surface area contributed by atoms with Gasteiger partial charge >= 0.3 is 5.69 Å². The summed E-state index contributed by atoms with van der Waals surface area (Å²) in [7, 11) is 0. The predicted octanol–water partition coefficient (Wildman–Crippen LogP) is 3.23. The van der Waals surface area contributed by atoms with Crippen molar-refractivity contribution in [3.05, 3.63) is 73.9 Å². The number of nitrogens with one attached hydrogen (secondary N) is 1. The molecule has 0 spiro atoms. The minimum absolute atomic E-state index is 0.0804. The average molecular weight is 484 g/mol. The van der Waals surface area contributed by atoms with Crippen LogP contribution in [0.5, 0.6) is 0 Å². The predicted molar refractivity (Wildman–Crippen MR) is 132 cm³/mol. The third kappa shape index (κ3) is 4.76. The Labute approximate surface area is 200 Å². The van der Waals surface area contributed by atoms with E-state index in [1.54, 1.807) is 42.5 Å². The highest BCUT2D eigenvalue weighted by molar-refractivity contribution is 6.31. The second-order valence-corrected chi connectivity index (χ2v) is 8.77. The summed E-state index contributed by atoms with van der Waals surface area (Å²) >= 11 is 6.03. The molecule has 1 amide bonds. The first kappa shape index (κ1) is 23.7. The Morgan fingerprint density at radius 2 is 1.94 bits per heavy atom. The van der Waals surface area contributed by atoms with Gasteiger partial charge in [0.2, 0.25) is 11.7 Å². The Bertz CT molecular complexity index is 1480. The van der Waals surface area contributed by atoms with Crippen LogP contribution in [0.4, 0.5) is 5.69 Å². The number of halogens is 1. The van der Waals surface area contributed by atoms with Crippen LogP contribution in [0.3, 0.4) is 0 Å². The first-order valence-corrected chi connectivity index (χ1v) is 11.4. The maximum absolute atomic E-state index is 13.3. The zero-order valence-corrected chi connectivity index (χ0v) is 20.0. The lowest BCUT2D eigenvalue weighted by Gasteiger charge is -2.11. The number of carbonyl (C=O) groups excluding carboxylic acids is 1. The average Bonchev–Trinajstić information content (AvgIpc) is 3.11. The van der Waals surface area contributed by atoms with Crippen LogP contribution in [0.2, 0.25) is 5.02 Å². The third-order valence-corrected chi connectivity index (χ3v) is 5.66. The molecule has 2 aromatic carbocycles. The molecule has 0 unspecified atom stereocenters. The van der Waals surface area contributed by atoms with Crippen molar-refractivity contribution in [2.24, 2.45) is 0 Å². The number of hydrogen-bond acceptors (Lipinski definition) is 5. The standard InChI is InChI=1S/C24H26ClN5O4/c1-15(2)34-12-6-11-28-22(32)18-7-4-5-8-20(18)30-23(28)27-29(24(30)33)14-21(31)26-19-13-17(25)10-9-16(19)3/h4-5,7-10,13,15H,6,11-12,14H2,1-3H3,(H,26,31). The highest BCUT2D eigenvalue weighted by Gasteiger charge is 2.19. The second-order valence-electron chi connectivity index (χ2n) is 8.33. The molecule has 0 aliphatic carbocycles. The smallest absolute Gasteiger partial charge is 0.352 e. The molecule has 178 valence electrons. The molecular weight excluding hydrogens is 458 g/mol. The number of benzene rings is 2. The molecule has 4 aromatic rings. The number of para-hydroxylation sites is 1. The summed E-state index contributed by atoms with van der Waals surface area (Å²) in [6.45, 7) is 6.21. The van der Waals surface area contributed by atoms with Crippen LogP contribution >= 0.6 is 11.6 Å². The van der Waals surface area contributed by atoms with Crippen LogP contribution in [0.15, 0.2) is 52.1 Å². The lowest BCUT2D eigenvalue weighted by molar-refractivity contribution is -0.117. The number of amides is 1.